The fourth-order valence-corrected chi connectivity index (χ4v) is 2.36. The van der Waals surface area contributed by atoms with Gasteiger partial charge in [-0.05, 0) is 20.1 Å². The van der Waals surface area contributed by atoms with Gasteiger partial charge in [-0.1, -0.05) is 54.6 Å². The van der Waals surface area contributed by atoms with Crippen molar-refractivity contribution in [3.63, 3.8) is 0 Å². The highest BCUT2D eigenvalue weighted by atomic mass is 31.1. The normalized spacial score (nSPS) is 13.1. The molecule has 0 aliphatic carbocycles. The van der Waals surface area contributed by atoms with Crippen LogP contribution in [0.2, 0.25) is 0 Å². The van der Waals surface area contributed by atoms with Gasteiger partial charge in [-0.2, -0.15) is 0 Å². The second-order valence-corrected chi connectivity index (χ2v) is 4.40. The molecule has 1 atom stereocenters. The molecule has 0 bridgehead atoms. The molecular formula is C11H13P. The van der Waals surface area contributed by atoms with Gasteiger partial charge in [0, 0.05) is 0 Å². The lowest BCUT2D eigenvalue weighted by Gasteiger charge is -2.06. The minimum absolute atomic E-state index is 0.270. The summed E-state index contributed by atoms with van der Waals surface area (Å²) in [6.45, 7) is 5.88. The van der Waals surface area contributed by atoms with Crippen molar-refractivity contribution in [3.05, 3.63) is 54.6 Å². The highest BCUT2D eigenvalue weighted by molar-refractivity contribution is 7.71. The molecular weight excluding hydrogens is 163 g/mol. The van der Waals surface area contributed by atoms with Crippen LogP contribution in [0.3, 0.4) is 0 Å². The van der Waals surface area contributed by atoms with Gasteiger partial charge in [0.2, 0.25) is 0 Å². The summed E-state index contributed by atoms with van der Waals surface area (Å²) in [5.41, 5.74) is 0. The van der Waals surface area contributed by atoms with E-state index >= 15 is 0 Å². The third-order valence-corrected chi connectivity index (χ3v) is 3.47. The van der Waals surface area contributed by atoms with Crippen molar-refractivity contribution < 1.29 is 0 Å². The van der Waals surface area contributed by atoms with E-state index in [1.54, 1.807) is 0 Å². The average Bonchev–Trinajstić information content (AvgIpc) is 2.15. The van der Waals surface area contributed by atoms with Gasteiger partial charge in [-0.3, -0.25) is 0 Å². The van der Waals surface area contributed by atoms with Gasteiger partial charge in [-0.25, -0.2) is 0 Å². The molecule has 0 saturated heterocycles. The molecule has 0 saturated carbocycles. The first kappa shape index (κ1) is 9.22. The van der Waals surface area contributed by atoms with E-state index in [4.69, 9.17) is 0 Å². The average molecular weight is 176 g/mol. The number of allylic oxidation sites excluding steroid dienone is 1. The molecule has 0 nitrogen and oxygen atoms in total. The second-order valence-electron chi connectivity index (χ2n) is 2.41. The lowest BCUT2D eigenvalue weighted by atomic mass is 10.4. The smallest absolute Gasteiger partial charge is 0.0162 e. The Kier molecular flexibility index (Phi) is 3.76. The standard InChI is InChI=1S/C11H13P/c1-3-10-12(4-2)11-8-6-5-7-9-11/h3-10H,2H2,1H3/b10-3-. The van der Waals surface area contributed by atoms with Crippen molar-refractivity contribution in [2.45, 2.75) is 6.92 Å². The Balaban J connectivity index is 2.87. The van der Waals surface area contributed by atoms with Crippen molar-refractivity contribution in [1.29, 1.82) is 0 Å². The first-order valence-electron chi connectivity index (χ1n) is 3.97. The molecule has 1 aromatic rings. The molecule has 62 valence electrons. The Morgan fingerprint density at radius 1 is 1.25 bits per heavy atom. The summed E-state index contributed by atoms with van der Waals surface area (Å²) in [7, 11) is -0.270. The topological polar surface area (TPSA) is 0 Å². The summed E-state index contributed by atoms with van der Waals surface area (Å²) >= 11 is 0. The van der Waals surface area contributed by atoms with E-state index in [1.807, 2.05) is 18.8 Å². The molecule has 12 heavy (non-hydrogen) atoms. The van der Waals surface area contributed by atoms with Gasteiger partial charge in [0.1, 0.15) is 0 Å². The first-order valence-corrected chi connectivity index (χ1v) is 5.45. The van der Waals surface area contributed by atoms with E-state index in [0.29, 0.717) is 0 Å². The fourth-order valence-electron chi connectivity index (χ4n) is 1.01. The molecule has 1 heteroatoms. The van der Waals surface area contributed by atoms with E-state index in [9.17, 15) is 0 Å². The van der Waals surface area contributed by atoms with E-state index < -0.39 is 0 Å². The van der Waals surface area contributed by atoms with Crippen LogP contribution < -0.4 is 5.30 Å². The van der Waals surface area contributed by atoms with Gasteiger partial charge in [-0.15, -0.1) is 0 Å². The first-order chi connectivity index (χ1) is 5.88. The monoisotopic (exact) mass is 176 g/mol. The Morgan fingerprint density at radius 2 is 1.92 bits per heavy atom. The lowest BCUT2D eigenvalue weighted by molar-refractivity contribution is 1.76. The van der Waals surface area contributed by atoms with Crippen LogP contribution in [0.4, 0.5) is 0 Å². The molecule has 0 aliphatic heterocycles. The van der Waals surface area contributed by atoms with Crippen LogP contribution in [0.25, 0.3) is 0 Å². The zero-order valence-electron chi connectivity index (χ0n) is 7.27. The molecule has 0 radical (unpaired) electrons. The summed E-state index contributed by atoms with van der Waals surface area (Å²) in [6, 6.07) is 10.5. The molecule has 1 unspecified atom stereocenters. The molecule has 0 fully saturated rings. The highest BCUT2D eigenvalue weighted by Crippen LogP contribution is 2.36. The third-order valence-electron chi connectivity index (χ3n) is 1.56. The van der Waals surface area contributed by atoms with Gasteiger partial charge < -0.3 is 0 Å². The Bertz CT molecular complexity index is 262. The van der Waals surface area contributed by atoms with Crippen molar-refractivity contribution >= 4 is 13.2 Å². The molecule has 1 rings (SSSR count). The van der Waals surface area contributed by atoms with Crippen molar-refractivity contribution in [3.8, 4) is 0 Å². The van der Waals surface area contributed by atoms with Gasteiger partial charge in [0.15, 0.2) is 0 Å². The molecule has 1 aromatic carbocycles. The molecule has 0 spiro atoms. The van der Waals surface area contributed by atoms with Gasteiger partial charge in [0.05, 0.1) is 0 Å². The minimum Gasteiger partial charge on any atom is -0.0980 e. The van der Waals surface area contributed by atoms with Crippen LogP contribution in [-0.2, 0) is 0 Å². The molecule has 0 heterocycles. The third kappa shape index (κ3) is 2.32. The summed E-state index contributed by atoms with van der Waals surface area (Å²) < 4.78 is 0. The predicted octanol–water partition coefficient (Wildman–Crippen LogP) is 3.47. The maximum atomic E-state index is 3.83. The summed E-state index contributed by atoms with van der Waals surface area (Å²) in [5.74, 6) is 4.22. The van der Waals surface area contributed by atoms with E-state index in [1.165, 1.54) is 5.30 Å². The van der Waals surface area contributed by atoms with Crippen LogP contribution in [0, 0.1) is 0 Å². The second kappa shape index (κ2) is 4.90. The van der Waals surface area contributed by atoms with E-state index in [-0.39, 0.29) is 7.92 Å². The van der Waals surface area contributed by atoms with Crippen LogP contribution in [0.1, 0.15) is 6.92 Å². The van der Waals surface area contributed by atoms with Crippen LogP contribution in [0.5, 0.6) is 0 Å². The van der Waals surface area contributed by atoms with Crippen LogP contribution in [-0.4, -0.2) is 0 Å². The van der Waals surface area contributed by atoms with E-state index in [0.717, 1.165) is 0 Å². The van der Waals surface area contributed by atoms with Gasteiger partial charge >= 0.3 is 0 Å². The summed E-state index contributed by atoms with van der Waals surface area (Å²) in [5, 5.41) is 1.36. The summed E-state index contributed by atoms with van der Waals surface area (Å²) in [6.07, 6.45) is 2.08. The minimum atomic E-state index is -0.270. The lowest BCUT2D eigenvalue weighted by Crippen LogP contribution is -1.94. The van der Waals surface area contributed by atoms with Crippen molar-refractivity contribution in [1.82, 2.24) is 0 Å². The molecule has 0 amide bonds. The van der Waals surface area contributed by atoms with Crippen molar-refractivity contribution in [2.75, 3.05) is 0 Å². The van der Waals surface area contributed by atoms with E-state index in [2.05, 4.69) is 42.7 Å². The largest absolute Gasteiger partial charge is 0.0980 e. The maximum absolute atomic E-state index is 3.83. The Hall–Kier alpha value is -0.870. The quantitative estimate of drug-likeness (QED) is 0.618. The predicted molar refractivity (Wildman–Crippen MR) is 58.0 cm³/mol. The zero-order chi connectivity index (χ0) is 8.81. The summed E-state index contributed by atoms with van der Waals surface area (Å²) in [4.78, 5) is 0. The van der Waals surface area contributed by atoms with Crippen LogP contribution in [0.15, 0.2) is 54.6 Å². The zero-order valence-corrected chi connectivity index (χ0v) is 8.17. The number of benzene rings is 1. The molecule has 0 aliphatic rings. The van der Waals surface area contributed by atoms with Gasteiger partial charge in [0.25, 0.3) is 0 Å². The fraction of sp³-hybridized carbons (Fsp3) is 0.0909. The highest BCUT2D eigenvalue weighted by Gasteiger charge is 1.99. The number of hydrogen-bond acceptors (Lipinski definition) is 0. The number of hydrogen-bond donors (Lipinski definition) is 0. The Labute approximate surface area is 75.4 Å². The molecule has 0 N–H and O–H groups in total. The van der Waals surface area contributed by atoms with Crippen molar-refractivity contribution in [2.24, 2.45) is 0 Å². The SMILES string of the molecule is C=CP(/C=C\C)c1ccccc1. The Morgan fingerprint density at radius 3 is 2.42 bits per heavy atom. The number of rotatable bonds is 3. The maximum Gasteiger partial charge on any atom is -0.0162 e. The molecule has 0 aromatic heterocycles. The van der Waals surface area contributed by atoms with Crippen LogP contribution >= 0.6 is 7.92 Å².